The standard InChI is InChI=1S/C13H25N5O/c1-17(2)13(5-3-4-6-13)11-14-9-12-10-18(7-8-19)16-15-12/h10,14,19H,3-9,11H2,1-2H3. The van der Waals surface area contributed by atoms with E-state index in [1.54, 1.807) is 4.68 Å². The molecule has 108 valence electrons. The molecule has 0 saturated heterocycles. The van der Waals surface area contributed by atoms with E-state index in [9.17, 15) is 0 Å². The molecule has 1 fully saturated rings. The number of hydrogen-bond acceptors (Lipinski definition) is 5. The zero-order chi connectivity index (χ0) is 13.7. The van der Waals surface area contributed by atoms with Crippen LogP contribution in [0.1, 0.15) is 31.4 Å². The van der Waals surface area contributed by atoms with Crippen molar-refractivity contribution in [1.82, 2.24) is 25.2 Å². The second kappa shape index (κ2) is 6.45. The van der Waals surface area contributed by atoms with Gasteiger partial charge >= 0.3 is 0 Å². The first-order chi connectivity index (χ1) is 9.16. The number of nitrogens with one attached hydrogen (secondary N) is 1. The molecule has 2 N–H and O–H groups in total. The van der Waals surface area contributed by atoms with E-state index >= 15 is 0 Å². The lowest BCUT2D eigenvalue weighted by Gasteiger charge is -2.36. The van der Waals surface area contributed by atoms with E-state index in [0.717, 1.165) is 18.8 Å². The van der Waals surface area contributed by atoms with Gasteiger partial charge in [-0.1, -0.05) is 18.1 Å². The van der Waals surface area contributed by atoms with Gasteiger partial charge in [-0.3, -0.25) is 0 Å². The Morgan fingerprint density at radius 1 is 1.42 bits per heavy atom. The second-order valence-corrected chi connectivity index (χ2v) is 5.63. The maximum Gasteiger partial charge on any atom is 0.0964 e. The summed E-state index contributed by atoms with van der Waals surface area (Å²) in [6.45, 7) is 2.34. The Kier molecular flexibility index (Phi) is 4.90. The predicted molar refractivity (Wildman–Crippen MR) is 73.7 cm³/mol. The Labute approximate surface area is 114 Å². The third kappa shape index (κ3) is 3.52. The number of aliphatic hydroxyl groups is 1. The summed E-state index contributed by atoms with van der Waals surface area (Å²) in [5, 5.41) is 20.4. The van der Waals surface area contributed by atoms with Gasteiger partial charge in [0.15, 0.2) is 0 Å². The zero-order valence-corrected chi connectivity index (χ0v) is 12.0. The average Bonchev–Trinajstić information content (AvgIpc) is 3.00. The van der Waals surface area contributed by atoms with Crippen LogP contribution in [0.3, 0.4) is 0 Å². The van der Waals surface area contributed by atoms with Gasteiger partial charge in [0.05, 0.1) is 18.8 Å². The number of hydrogen-bond donors (Lipinski definition) is 2. The summed E-state index contributed by atoms with van der Waals surface area (Å²) in [4.78, 5) is 2.36. The average molecular weight is 267 g/mol. The molecule has 6 heteroatoms. The zero-order valence-electron chi connectivity index (χ0n) is 12.0. The highest BCUT2D eigenvalue weighted by Gasteiger charge is 2.35. The summed E-state index contributed by atoms with van der Waals surface area (Å²) in [5.41, 5.74) is 1.24. The minimum atomic E-state index is 0.0972. The van der Waals surface area contributed by atoms with Crippen LogP contribution in [0.4, 0.5) is 0 Å². The molecule has 1 aliphatic carbocycles. The summed E-state index contributed by atoms with van der Waals surface area (Å²) >= 11 is 0. The Bertz CT molecular complexity index is 384. The van der Waals surface area contributed by atoms with E-state index in [2.05, 4.69) is 34.6 Å². The molecule has 1 aromatic rings. The molecule has 0 bridgehead atoms. The van der Waals surface area contributed by atoms with Crippen LogP contribution < -0.4 is 5.32 Å². The van der Waals surface area contributed by atoms with Gasteiger partial charge in [-0.15, -0.1) is 5.10 Å². The van der Waals surface area contributed by atoms with E-state index in [1.807, 2.05) is 6.20 Å². The fourth-order valence-corrected chi connectivity index (χ4v) is 2.87. The van der Waals surface area contributed by atoms with Crippen molar-refractivity contribution in [2.45, 2.75) is 44.3 Å². The van der Waals surface area contributed by atoms with Crippen LogP contribution in [0.25, 0.3) is 0 Å². The van der Waals surface area contributed by atoms with Crippen LogP contribution in [0.15, 0.2) is 6.20 Å². The lowest BCUT2D eigenvalue weighted by Crippen LogP contribution is -2.49. The van der Waals surface area contributed by atoms with Crippen molar-refractivity contribution in [2.75, 3.05) is 27.2 Å². The molecule has 0 amide bonds. The SMILES string of the molecule is CN(C)C1(CNCc2cn(CCO)nn2)CCCC1. The van der Waals surface area contributed by atoms with E-state index in [-0.39, 0.29) is 6.61 Å². The smallest absolute Gasteiger partial charge is 0.0964 e. The van der Waals surface area contributed by atoms with Crippen molar-refractivity contribution in [3.05, 3.63) is 11.9 Å². The molecule has 6 nitrogen and oxygen atoms in total. The second-order valence-electron chi connectivity index (χ2n) is 5.63. The Morgan fingerprint density at radius 2 is 2.16 bits per heavy atom. The molecule has 0 spiro atoms. The van der Waals surface area contributed by atoms with E-state index in [1.165, 1.54) is 25.7 Å². The summed E-state index contributed by atoms with van der Waals surface area (Å²) in [5.74, 6) is 0. The number of likely N-dealkylation sites (N-methyl/N-ethyl adjacent to an activating group) is 1. The maximum absolute atomic E-state index is 8.83. The number of aromatic nitrogens is 3. The van der Waals surface area contributed by atoms with Gasteiger partial charge in [0.1, 0.15) is 0 Å². The summed E-state index contributed by atoms with van der Waals surface area (Å²) in [6.07, 6.45) is 7.08. The van der Waals surface area contributed by atoms with Crippen LogP contribution >= 0.6 is 0 Å². The summed E-state index contributed by atoms with van der Waals surface area (Å²) < 4.78 is 1.67. The van der Waals surface area contributed by atoms with Gasteiger partial charge in [0.2, 0.25) is 0 Å². The largest absolute Gasteiger partial charge is 0.394 e. The maximum atomic E-state index is 8.83. The monoisotopic (exact) mass is 267 g/mol. The van der Waals surface area contributed by atoms with Crippen LogP contribution in [0, 0.1) is 0 Å². The van der Waals surface area contributed by atoms with Crippen molar-refractivity contribution in [3.63, 3.8) is 0 Å². The topological polar surface area (TPSA) is 66.2 Å². The fraction of sp³-hybridized carbons (Fsp3) is 0.846. The Morgan fingerprint density at radius 3 is 2.79 bits per heavy atom. The Balaban J connectivity index is 1.81. The molecule has 0 aromatic carbocycles. The first-order valence-electron chi connectivity index (χ1n) is 7.04. The van der Waals surface area contributed by atoms with E-state index in [0.29, 0.717) is 12.1 Å². The first-order valence-corrected chi connectivity index (χ1v) is 7.04. The minimum Gasteiger partial charge on any atom is -0.394 e. The normalized spacial score (nSPS) is 18.3. The van der Waals surface area contributed by atoms with Crippen LogP contribution in [0.5, 0.6) is 0 Å². The van der Waals surface area contributed by atoms with Gasteiger partial charge in [-0.05, 0) is 26.9 Å². The Hall–Kier alpha value is -0.980. The quantitative estimate of drug-likeness (QED) is 0.740. The molecule has 1 saturated carbocycles. The third-order valence-corrected chi connectivity index (χ3v) is 4.16. The molecule has 0 atom stereocenters. The molecule has 1 aromatic heterocycles. The van der Waals surface area contributed by atoms with E-state index < -0.39 is 0 Å². The lowest BCUT2D eigenvalue weighted by atomic mass is 9.96. The van der Waals surface area contributed by atoms with Crippen LogP contribution in [0.2, 0.25) is 0 Å². The molecule has 0 radical (unpaired) electrons. The molecule has 1 heterocycles. The van der Waals surface area contributed by atoms with Crippen molar-refractivity contribution in [2.24, 2.45) is 0 Å². The van der Waals surface area contributed by atoms with Crippen LogP contribution in [-0.2, 0) is 13.1 Å². The number of rotatable bonds is 7. The highest BCUT2D eigenvalue weighted by Crippen LogP contribution is 2.33. The van der Waals surface area contributed by atoms with Gasteiger partial charge in [-0.25, -0.2) is 4.68 Å². The van der Waals surface area contributed by atoms with Gasteiger partial charge in [-0.2, -0.15) is 0 Å². The highest BCUT2D eigenvalue weighted by molar-refractivity contribution is 4.97. The van der Waals surface area contributed by atoms with Crippen molar-refractivity contribution in [1.29, 1.82) is 0 Å². The predicted octanol–water partition coefficient (Wildman–Crippen LogP) is 0.234. The molecule has 0 aliphatic heterocycles. The van der Waals surface area contributed by atoms with Gasteiger partial charge in [0.25, 0.3) is 0 Å². The van der Waals surface area contributed by atoms with Gasteiger partial charge in [0, 0.05) is 24.8 Å². The molecule has 0 unspecified atom stereocenters. The van der Waals surface area contributed by atoms with Crippen molar-refractivity contribution >= 4 is 0 Å². The number of nitrogens with zero attached hydrogens (tertiary/aromatic N) is 4. The molecule has 19 heavy (non-hydrogen) atoms. The van der Waals surface area contributed by atoms with Gasteiger partial charge < -0.3 is 15.3 Å². The third-order valence-electron chi connectivity index (χ3n) is 4.16. The first kappa shape index (κ1) is 14.4. The van der Waals surface area contributed by atoms with Crippen LogP contribution in [-0.4, -0.2) is 57.8 Å². The summed E-state index contributed by atoms with van der Waals surface area (Å²) in [7, 11) is 4.34. The molecular weight excluding hydrogens is 242 g/mol. The lowest BCUT2D eigenvalue weighted by molar-refractivity contribution is 0.153. The molecule has 1 aliphatic rings. The molecular formula is C13H25N5O. The fourth-order valence-electron chi connectivity index (χ4n) is 2.87. The molecule has 2 rings (SSSR count). The van der Waals surface area contributed by atoms with Crippen molar-refractivity contribution < 1.29 is 5.11 Å². The minimum absolute atomic E-state index is 0.0972. The van der Waals surface area contributed by atoms with E-state index in [4.69, 9.17) is 5.11 Å². The summed E-state index contributed by atoms with van der Waals surface area (Å²) in [6, 6.07) is 0. The van der Waals surface area contributed by atoms with Crippen molar-refractivity contribution in [3.8, 4) is 0 Å². The number of aliphatic hydroxyl groups excluding tert-OH is 1. The highest BCUT2D eigenvalue weighted by atomic mass is 16.3.